The molecule has 0 radical (unpaired) electrons. The third kappa shape index (κ3) is 6.70. The summed E-state index contributed by atoms with van der Waals surface area (Å²) in [5.74, 6) is -0.207. The fourth-order valence-corrected chi connectivity index (χ4v) is 2.88. The van der Waals surface area contributed by atoms with Gasteiger partial charge in [-0.25, -0.2) is 0 Å². The summed E-state index contributed by atoms with van der Waals surface area (Å²) in [6.45, 7) is 6.32. The molecule has 1 aromatic carbocycles. The van der Waals surface area contributed by atoms with Crippen LogP contribution in [0.25, 0.3) is 0 Å². The molecule has 9 heteroatoms. The highest BCUT2D eigenvalue weighted by Crippen LogP contribution is 2.30. The Balaban J connectivity index is 1.76. The second kappa shape index (κ2) is 9.77. The molecule has 6 nitrogen and oxygen atoms in total. The van der Waals surface area contributed by atoms with E-state index < -0.39 is 11.7 Å². The summed E-state index contributed by atoms with van der Waals surface area (Å²) in [6, 6.07) is 4.91. The number of amides is 2. The molecule has 1 fully saturated rings. The summed E-state index contributed by atoms with van der Waals surface area (Å²) in [7, 11) is 0. The van der Waals surface area contributed by atoms with Gasteiger partial charge < -0.3 is 15.5 Å². The second-order valence-electron chi connectivity index (χ2n) is 6.97. The van der Waals surface area contributed by atoms with Crippen LogP contribution in [-0.4, -0.2) is 66.9 Å². The van der Waals surface area contributed by atoms with Crippen molar-refractivity contribution in [3.8, 4) is 0 Å². The highest BCUT2D eigenvalue weighted by molar-refractivity contribution is 5.81. The van der Waals surface area contributed by atoms with Gasteiger partial charge in [-0.3, -0.25) is 14.5 Å². The van der Waals surface area contributed by atoms with Gasteiger partial charge >= 0.3 is 6.18 Å². The number of hydrogen-bond acceptors (Lipinski definition) is 4. The molecule has 1 unspecified atom stereocenters. The molecular weight excluding hydrogens is 373 g/mol. The van der Waals surface area contributed by atoms with Crippen molar-refractivity contribution >= 4 is 17.5 Å². The lowest BCUT2D eigenvalue weighted by Gasteiger charge is -2.34. The Kier molecular flexibility index (Phi) is 7.68. The van der Waals surface area contributed by atoms with Crippen LogP contribution in [0, 0.1) is 0 Å². The maximum absolute atomic E-state index is 12.7. The second-order valence-corrected chi connectivity index (χ2v) is 6.97. The maximum atomic E-state index is 12.7. The molecule has 1 aliphatic rings. The summed E-state index contributed by atoms with van der Waals surface area (Å²) in [6.07, 6.45) is -3.55. The van der Waals surface area contributed by atoms with E-state index in [1.54, 1.807) is 4.90 Å². The van der Waals surface area contributed by atoms with Crippen molar-refractivity contribution in [2.45, 2.75) is 32.5 Å². The van der Waals surface area contributed by atoms with Crippen molar-refractivity contribution < 1.29 is 22.8 Å². The van der Waals surface area contributed by atoms with Gasteiger partial charge in [0.15, 0.2) is 0 Å². The van der Waals surface area contributed by atoms with Crippen molar-refractivity contribution in [2.24, 2.45) is 0 Å². The Hall–Kier alpha value is -2.29. The van der Waals surface area contributed by atoms with Crippen molar-refractivity contribution in [1.29, 1.82) is 0 Å². The van der Waals surface area contributed by atoms with E-state index in [1.165, 1.54) is 12.1 Å². The number of carbonyl (C=O) groups excluding carboxylic acids is 2. The van der Waals surface area contributed by atoms with E-state index in [4.69, 9.17) is 0 Å². The summed E-state index contributed by atoms with van der Waals surface area (Å²) in [5.41, 5.74) is -0.502. The van der Waals surface area contributed by atoms with E-state index in [0.717, 1.165) is 18.6 Å². The number of benzene rings is 1. The van der Waals surface area contributed by atoms with Crippen LogP contribution in [0.3, 0.4) is 0 Å². The summed E-state index contributed by atoms with van der Waals surface area (Å²) >= 11 is 0. The van der Waals surface area contributed by atoms with Gasteiger partial charge in [0.1, 0.15) is 0 Å². The lowest BCUT2D eigenvalue weighted by Crippen LogP contribution is -2.52. The molecule has 0 aliphatic carbocycles. The number of alkyl halides is 3. The number of nitrogens with zero attached hydrogens (tertiary/aromatic N) is 2. The van der Waals surface area contributed by atoms with Crippen molar-refractivity contribution in [3.05, 3.63) is 29.8 Å². The fourth-order valence-electron chi connectivity index (χ4n) is 2.88. The first kappa shape index (κ1) is 22.0. The molecule has 2 rings (SSSR count). The minimum absolute atomic E-state index is 0.0275. The van der Waals surface area contributed by atoms with Crippen LogP contribution in [0.5, 0.6) is 0 Å². The molecule has 28 heavy (non-hydrogen) atoms. The number of hydrogen-bond donors (Lipinski definition) is 2. The van der Waals surface area contributed by atoms with E-state index in [9.17, 15) is 22.8 Å². The minimum Gasteiger partial charge on any atom is -0.376 e. The van der Waals surface area contributed by atoms with E-state index in [-0.39, 0.29) is 30.1 Å². The van der Waals surface area contributed by atoms with E-state index in [2.05, 4.69) is 10.6 Å². The van der Waals surface area contributed by atoms with Gasteiger partial charge in [-0.05, 0) is 31.5 Å². The number of nitrogens with one attached hydrogen (secondary N) is 2. The van der Waals surface area contributed by atoms with Gasteiger partial charge in [0.05, 0.1) is 18.7 Å². The molecule has 0 aromatic heterocycles. The zero-order chi connectivity index (χ0) is 20.7. The summed E-state index contributed by atoms with van der Waals surface area (Å²) in [5, 5.41) is 5.67. The monoisotopic (exact) mass is 400 g/mol. The van der Waals surface area contributed by atoms with Crippen LogP contribution in [0.2, 0.25) is 0 Å². The van der Waals surface area contributed by atoms with Crippen molar-refractivity contribution in [3.63, 3.8) is 0 Å². The zero-order valence-corrected chi connectivity index (χ0v) is 16.2. The number of anilines is 1. The minimum atomic E-state index is -4.42. The van der Waals surface area contributed by atoms with Gasteiger partial charge in [-0.2, -0.15) is 13.2 Å². The predicted molar refractivity (Wildman–Crippen MR) is 101 cm³/mol. The largest absolute Gasteiger partial charge is 0.416 e. The Morgan fingerprint density at radius 3 is 2.46 bits per heavy atom. The smallest absolute Gasteiger partial charge is 0.376 e. The lowest BCUT2D eigenvalue weighted by atomic mass is 10.2. The maximum Gasteiger partial charge on any atom is 0.416 e. The molecular formula is C19H27F3N4O2. The van der Waals surface area contributed by atoms with Crippen molar-refractivity contribution in [1.82, 2.24) is 15.1 Å². The SMILES string of the molecule is CCC(C)NC(=O)CN1CCN(C(=O)CNc2cccc(C(F)(F)F)c2)CC1. The molecule has 1 saturated heterocycles. The van der Waals surface area contributed by atoms with E-state index >= 15 is 0 Å². The Morgan fingerprint density at radius 1 is 1.18 bits per heavy atom. The molecule has 156 valence electrons. The van der Waals surface area contributed by atoms with Gasteiger partial charge in [-0.1, -0.05) is 13.0 Å². The van der Waals surface area contributed by atoms with Gasteiger partial charge in [0.2, 0.25) is 11.8 Å². The Bertz CT molecular complexity index is 673. The number of rotatable bonds is 7. The van der Waals surface area contributed by atoms with Gasteiger partial charge in [0.25, 0.3) is 0 Å². The number of piperazine rings is 1. The van der Waals surface area contributed by atoms with Crippen LogP contribution >= 0.6 is 0 Å². The van der Waals surface area contributed by atoms with E-state index in [0.29, 0.717) is 32.7 Å². The Morgan fingerprint density at radius 2 is 1.86 bits per heavy atom. The topological polar surface area (TPSA) is 64.7 Å². The molecule has 0 saturated carbocycles. The zero-order valence-electron chi connectivity index (χ0n) is 16.2. The van der Waals surface area contributed by atoms with Crippen LogP contribution in [0.4, 0.5) is 18.9 Å². The van der Waals surface area contributed by atoms with Crippen molar-refractivity contribution in [2.75, 3.05) is 44.6 Å². The van der Waals surface area contributed by atoms with Gasteiger partial charge in [0, 0.05) is 37.9 Å². The average Bonchev–Trinajstić information content (AvgIpc) is 2.66. The first-order chi connectivity index (χ1) is 13.2. The van der Waals surface area contributed by atoms with Crippen LogP contribution in [0.15, 0.2) is 24.3 Å². The fraction of sp³-hybridized carbons (Fsp3) is 0.579. The first-order valence-electron chi connectivity index (χ1n) is 9.39. The first-order valence-corrected chi connectivity index (χ1v) is 9.39. The van der Waals surface area contributed by atoms with Crippen LogP contribution < -0.4 is 10.6 Å². The Labute approximate surface area is 163 Å². The van der Waals surface area contributed by atoms with Crippen LogP contribution in [0.1, 0.15) is 25.8 Å². The third-order valence-corrected chi connectivity index (χ3v) is 4.75. The summed E-state index contributed by atoms with van der Waals surface area (Å²) < 4.78 is 38.2. The molecule has 0 bridgehead atoms. The third-order valence-electron chi connectivity index (χ3n) is 4.75. The number of halogens is 3. The molecule has 1 heterocycles. The normalized spacial score (nSPS) is 16.5. The highest BCUT2D eigenvalue weighted by Gasteiger charge is 2.30. The molecule has 1 aromatic rings. The molecule has 0 spiro atoms. The van der Waals surface area contributed by atoms with Crippen LogP contribution in [-0.2, 0) is 15.8 Å². The standard InChI is InChI=1S/C19H27F3N4O2/c1-3-14(2)24-17(27)13-25-7-9-26(10-8-25)18(28)12-23-16-6-4-5-15(11-16)19(20,21)22/h4-6,11,14,23H,3,7-10,12-13H2,1-2H3,(H,24,27). The average molecular weight is 400 g/mol. The quantitative estimate of drug-likeness (QED) is 0.737. The number of carbonyl (C=O) groups is 2. The summed E-state index contributed by atoms with van der Waals surface area (Å²) in [4.78, 5) is 27.9. The highest BCUT2D eigenvalue weighted by atomic mass is 19.4. The van der Waals surface area contributed by atoms with E-state index in [1.807, 2.05) is 18.7 Å². The molecule has 2 N–H and O–H groups in total. The molecule has 1 aliphatic heterocycles. The molecule has 1 atom stereocenters. The molecule has 2 amide bonds. The lowest BCUT2D eigenvalue weighted by molar-refractivity contribution is -0.137. The van der Waals surface area contributed by atoms with Gasteiger partial charge in [-0.15, -0.1) is 0 Å². The predicted octanol–water partition coefficient (Wildman–Crippen LogP) is 2.18.